The number of hydrogen-bond acceptors (Lipinski definition) is 2. The van der Waals surface area contributed by atoms with Crippen LogP contribution in [0.5, 0.6) is 0 Å². The number of nitrogens with one attached hydrogen (secondary N) is 1. The number of aryl methyl sites for hydroxylation is 1. The summed E-state index contributed by atoms with van der Waals surface area (Å²) in [7, 11) is 0. The zero-order valence-electron chi connectivity index (χ0n) is 9.77. The second-order valence-electron chi connectivity index (χ2n) is 4.09. The SMILES string of the molecule is Cc1cccc(N2CCNC[C@@H]2C)c1.Cl.Cl. The molecule has 0 spiro atoms. The molecule has 1 saturated heterocycles. The summed E-state index contributed by atoms with van der Waals surface area (Å²) in [5, 5.41) is 3.41. The molecule has 0 unspecified atom stereocenters. The molecule has 16 heavy (non-hydrogen) atoms. The van der Waals surface area contributed by atoms with E-state index in [1.165, 1.54) is 11.3 Å². The number of halogens is 2. The number of nitrogens with zero attached hydrogens (tertiary/aromatic N) is 1. The Kier molecular flexibility index (Phi) is 6.81. The van der Waals surface area contributed by atoms with Crippen molar-refractivity contribution in [2.24, 2.45) is 0 Å². The summed E-state index contributed by atoms with van der Waals surface area (Å²) in [6.07, 6.45) is 0. The Morgan fingerprint density at radius 2 is 2.06 bits per heavy atom. The maximum atomic E-state index is 3.41. The van der Waals surface area contributed by atoms with Gasteiger partial charge in [-0.2, -0.15) is 0 Å². The largest absolute Gasteiger partial charge is 0.366 e. The van der Waals surface area contributed by atoms with Crippen molar-refractivity contribution in [1.82, 2.24) is 5.32 Å². The molecule has 1 atom stereocenters. The molecule has 0 saturated carbocycles. The first-order valence-electron chi connectivity index (χ1n) is 5.31. The van der Waals surface area contributed by atoms with Crippen molar-refractivity contribution >= 4 is 30.5 Å². The summed E-state index contributed by atoms with van der Waals surface area (Å²) in [6.45, 7) is 7.72. The molecule has 1 aliphatic heterocycles. The molecule has 1 aromatic carbocycles. The van der Waals surface area contributed by atoms with Gasteiger partial charge in [0.05, 0.1) is 0 Å². The third-order valence-corrected chi connectivity index (χ3v) is 2.83. The van der Waals surface area contributed by atoms with Crippen LogP contribution in [0.3, 0.4) is 0 Å². The van der Waals surface area contributed by atoms with E-state index in [4.69, 9.17) is 0 Å². The Balaban J connectivity index is 0.00000112. The van der Waals surface area contributed by atoms with E-state index in [2.05, 4.69) is 48.3 Å². The second kappa shape index (κ2) is 7.00. The van der Waals surface area contributed by atoms with Crippen LogP contribution in [0.25, 0.3) is 0 Å². The Labute approximate surface area is 110 Å². The Morgan fingerprint density at radius 1 is 1.31 bits per heavy atom. The van der Waals surface area contributed by atoms with E-state index in [0.717, 1.165) is 19.6 Å². The average Bonchev–Trinajstić information content (AvgIpc) is 2.18. The molecule has 1 N–H and O–H groups in total. The molecule has 1 aromatic rings. The van der Waals surface area contributed by atoms with Gasteiger partial charge in [0, 0.05) is 31.4 Å². The van der Waals surface area contributed by atoms with Crippen molar-refractivity contribution in [2.45, 2.75) is 19.9 Å². The minimum absolute atomic E-state index is 0. The third-order valence-electron chi connectivity index (χ3n) is 2.83. The van der Waals surface area contributed by atoms with Gasteiger partial charge in [0.1, 0.15) is 0 Å². The van der Waals surface area contributed by atoms with Gasteiger partial charge in [0.25, 0.3) is 0 Å². The molecule has 4 heteroatoms. The first-order chi connectivity index (χ1) is 6.77. The van der Waals surface area contributed by atoms with Crippen molar-refractivity contribution in [1.29, 1.82) is 0 Å². The highest BCUT2D eigenvalue weighted by atomic mass is 35.5. The van der Waals surface area contributed by atoms with Gasteiger partial charge in [-0.05, 0) is 31.5 Å². The first kappa shape index (κ1) is 15.6. The molecule has 2 rings (SSSR count). The molecular formula is C12H20Cl2N2. The van der Waals surface area contributed by atoms with E-state index < -0.39 is 0 Å². The number of hydrogen-bond donors (Lipinski definition) is 1. The van der Waals surface area contributed by atoms with Gasteiger partial charge in [-0.15, -0.1) is 24.8 Å². The van der Waals surface area contributed by atoms with Gasteiger partial charge in [-0.3, -0.25) is 0 Å². The van der Waals surface area contributed by atoms with Gasteiger partial charge in [0.15, 0.2) is 0 Å². The molecule has 2 nitrogen and oxygen atoms in total. The summed E-state index contributed by atoms with van der Waals surface area (Å²) < 4.78 is 0. The van der Waals surface area contributed by atoms with Crippen LogP contribution in [-0.2, 0) is 0 Å². The van der Waals surface area contributed by atoms with Gasteiger partial charge >= 0.3 is 0 Å². The summed E-state index contributed by atoms with van der Waals surface area (Å²) >= 11 is 0. The molecule has 0 bridgehead atoms. The lowest BCUT2D eigenvalue weighted by molar-refractivity contribution is 0.501. The average molecular weight is 263 g/mol. The maximum Gasteiger partial charge on any atom is 0.0386 e. The number of piperazine rings is 1. The van der Waals surface area contributed by atoms with Crippen molar-refractivity contribution in [3.8, 4) is 0 Å². The maximum absolute atomic E-state index is 3.41. The monoisotopic (exact) mass is 262 g/mol. The number of benzene rings is 1. The number of anilines is 1. The lowest BCUT2D eigenvalue weighted by atomic mass is 10.1. The topological polar surface area (TPSA) is 15.3 Å². The minimum atomic E-state index is 0. The van der Waals surface area contributed by atoms with Crippen LogP contribution in [0.1, 0.15) is 12.5 Å². The van der Waals surface area contributed by atoms with Crippen LogP contribution in [0.15, 0.2) is 24.3 Å². The Bertz CT molecular complexity index is 318. The number of rotatable bonds is 1. The van der Waals surface area contributed by atoms with Gasteiger partial charge in [-0.1, -0.05) is 12.1 Å². The standard InChI is InChI=1S/C12H18N2.2ClH/c1-10-4-3-5-12(8-10)14-7-6-13-9-11(14)2;;/h3-5,8,11,13H,6-7,9H2,1-2H3;2*1H/t11-;;/m0../s1. The zero-order valence-corrected chi connectivity index (χ0v) is 11.4. The summed E-state index contributed by atoms with van der Waals surface area (Å²) in [4.78, 5) is 2.48. The third kappa shape index (κ3) is 3.55. The fraction of sp³-hybridized carbons (Fsp3) is 0.500. The van der Waals surface area contributed by atoms with E-state index in [-0.39, 0.29) is 24.8 Å². The van der Waals surface area contributed by atoms with Crippen LogP contribution < -0.4 is 10.2 Å². The predicted molar refractivity (Wildman–Crippen MR) is 75.4 cm³/mol. The molecular weight excluding hydrogens is 243 g/mol. The van der Waals surface area contributed by atoms with E-state index in [1.54, 1.807) is 0 Å². The second-order valence-corrected chi connectivity index (χ2v) is 4.09. The van der Waals surface area contributed by atoms with Crippen LogP contribution in [-0.4, -0.2) is 25.7 Å². The Morgan fingerprint density at radius 3 is 2.69 bits per heavy atom. The predicted octanol–water partition coefficient (Wildman–Crippen LogP) is 2.64. The van der Waals surface area contributed by atoms with Crippen LogP contribution in [0.4, 0.5) is 5.69 Å². The van der Waals surface area contributed by atoms with Crippen molar-refractivity contribution in [3.05, 3.63) is 29.8 Å². The molecule has 1 heterocycles. The summed E-state index contributed by atoms with van der Waals surface area (Å²) in [6, 6.07) is 9.36. The fourth-order valence-electron chi connectivity index (χ4n) is 2.03. The van der Waals surface area contributed by atoms with Gasteiger partial charge < -0.3 is 10.2 Å². The quantitative estimate of drug-likeness (QED) is 0.838. The van der Waals surface area contributed by atoms with E-state index in [1.807, 2.05) is 0 Å². The van der Waals surface area contributed by atoms with E-state index in [0.29, 0.717) is 6.04 Å². The normalized spacial score (nSPS) is 19.6. The van der Waals surface area contributed by atoms with Crippen molar-refractivity contribution in [2.75, 3.05) is 24.5 Å². The fourth-order valence-corrected chi connectivity index (χ4v) is 2.03. The van der Waals surface area contributed by atoms with Crippen molar-refractivity contribution in [3.63, 3.8) is 0 Å². The van der Waals surface area contributed by atoms with E-state index >= 15 is 0 Å². The highest BCUT2D eigenvalue weighted by Crippen LogP contribution is 2.19. The molecule has 0 amide bonds. The van der Waals surface area contributed by atoms with Crippen LogP contribution in [0.2, 0.25) is 0 Å². The first-order valence-corrected chi connectivity index (χ1v) is 5.31. The molecule has 0 radical (unpaired) electrons. The highest BCUT2D eigenvalue weighted by molar-refractivity contribution is 5.85. The molecule has 1 aliphatic rings. The Hall–Kier alpha value is -0.440. The van der Waals surface area contributed by atoms with Gasteiger partial charge in [0.2, 0.25) is 0 Å². The minimum Gasteiger partial charge on any atom is -0.366 e. The van der Waals surface area contributed by atoms with Crippen LogP contribution >= 0.6 is 24.8 Å². The molecule has 0 aliphatic carbocycles. The van der Waals surface area contributed by atoms with Gasteiger partial charge in [-0.25, -0.2) is 0 Å². The zero-order chi connectivity index (χ0) is 9.97. The van der Waals surface area contributed by atoms with E-state index in [9.17, 15) is 0 Å². The summed E-state index contributed by atoms with van der Waals surface area (Å²) in [5.41, 5.74) is 2.70. The molecule has 1 fully saturated rings. The van der Waals surface area contributed by atoms with Crippen LogP contribution in [0, 0.1) is 6.92 Å². The molecule has 0 aromatic heterocycles. The highest BCUT2D eigenvalue weighted by Gasteiger charge is 2.17. The lowest BCUT2D eigenvalue weighted by Crippen LogP contribution is -2.49. The van der Waals surface area contributed by atoms with Crippen molar-refractivity contribution < 1.29 is 0 Å². The lowest BCUT2D eigenvalue weighted by Gasteiger charge is -2.36. The summed E-state index contributed by atoms with van der Waals surface area (Å²) in [5.74, 6) is 0. The smallest absolute Gasteiger partial charge is 0.0386 e. The molecule has 92 valence electrons.